The van der Waals surface area contributed by atoms with Gasteiger partial charge in [0.1, 0.15) is 17.5 Å². The van der Waals surface area contributed by atoms with Gasteiger partial charge in [-0.2, -0.15) is 8.78 Å². The highest BCUT2D eigenvalue weighted by molar-refractivity contribution is 5.56. The number of alkyl halides is 4. The molecule has 0 saturated heterocycles. The lowest BCUT2D eigenvalue weighted by molar-refractivity contribution is -0.117. The molecule has 1 heterocycles. The van der Waals surface area contributed by atoms with Crippen molar-refractivity contribution < 1.29 is 17.6 Å². The van der Waals surface area contributed by atoms with E-state index >= 15 is 0 Å². The Labute approximate surface area is 107 Å². The lowest BCUT2D eigenvalue weighted by Gasteiger charge is -2.18. The highest BCUT2D eigenvalue weighted by Gasteiger charge is 2.40. The number of aryl methyl sites for hydroxylation is 1. The Morgan fingerprint density at radius 2 is 1.84 bits per heavy atom. The van der Waals surface area contributed by atoms with Crippen molar-refractivity contribution >= 4 is 11.6 Å². The molecule has 19 heavy (non-hydrogen) atoms. The number of nitrogen functional groups attached to an aromatic ring is 1. The Hall–Kier alpha value is -1.64. The minimum atomic E-state index is -4.12. The fourth-order valence-corrected chi connectivity index (χ4v) is 1.31. The van der Waals surface area contributed by atoms with Gasteiger partial charge in [-0.3, -0.25) is 0 Å². The largest absolute Gasteiger partial charge is 0.363 e. The lowest BCUT2D eigenvalue weighted by atomic mass is 10.2. The van der Waals surface area contributed by atoms with E-state index in [1.54, 1.807) is 6.92 Å². The van der Waals surface area contributed by atoms with Crippen molar-refractivity contribution in [3.8, 4) is 0 Å². The first-order valence-corrected chi connectivity index (χ1v) is 5.55. The molecule has 0 atom stereocenters. The third-order valence-electron chi connectivity index (χ3n) is 2.46. The van der Waals surface area contributed by atoms with Gasteiger partial charge in [0.25, 0.3) is 0 Å². The fraction of sp³-hybridized carbons (Fsp3) is 0.600. The Balaban J connectivity index is 2.94. The molecule has 0 aromatic carbocycles. The van der Waals surface area contributed by atoms with Gasteiger partial charge in [-0.15, -0.1) is 0 Å². The highest BCUT2D eigenvalue weighted by Crippen LogP contribution is 2.25. The van der Waals surface area contributed by atoms with Gasteiger partial charge in [0.15, 0.2) is 0 Å². The van der Waals surface area contributed by atoms with Crippen molar-refractivity contribution in [2.75, 3.05) is 17.3 Å². The van der Waals surface area contributed by atoms with Crippen LogP contribution >= 0.6 is 0 Å². The van der Waals surface area contributed by atoms with Crippen LogP contribution in [0.5, 0.6) is 0 Å². The van der Waals surface area contributed by atoms with Crippen LogP contribution in [0.2, 0.25) is 0 Å². The van der Waals surface area contributed by atoms with E-state index < -0.39 is 18.9 Å². The first-order valence-electron chi connectivity index (χ1n) is 5.55. The Morgan fingerprint density at radius 1 is 1.26 bits per heavy atom. The van der Waals surface area contributed by atoms with Gasteiger partial charge in [0, 0.05) is 12.0 Å². The van der Waals surface area contributed by atoms with Gasteiger partial charge < -0.3 is 10.7 Å². The number of nitrogens with one attached hydrogen (secondary N) is 2. The van der Waals surface area contributed by atoms with Gasteiger partial charge in [-0.1, -0.05) is 6.92 Å². The third kappa shape index (κ3) is 3.66. The molecule has 0 radical (unpaired) electrons. The fourth-order valence-electron chi connectivity index (χ4n) is 1.31. The summed E-state index contributed by atoms with van der Waals surface area (Å²) in [5.41, 5.74) is 2.68. The molecule has 0 unspecified atom stereocenters. The second-order valence-corrected chi connectivity index (χ2v) is 3.88. The number of halogens is 4. The third-order valence-corrected chi connectivity index (χ3v) is 2.46. The van der Waals surface area contributed by atoms with Crippen molar-refractivity contribution in [1.29, 1.82) is 0 Å². The summed E-state index contributed by atoms with van der Waals surface area (Å²) in [6.07, 6.45) is -3.28. The first-order chi connectivity index (χ1) is 8.81. The number of anilines is 2. The summed E-state index contributed by atoms with van der Waals surface area (Å²) in [6.45, 7) is 2.09. The molecule has 108 valence electrons. The molecule has 1 aromatic rings. The number of hydrogen-bond acceptors (Lipinski definition) is 5. The van der Waals surface area contributed by atoms with E-state index in [-0.39, 0.29) is 11.6 Å². The smallest absolute Gasteiger partial charge is 0.324 e. The van der Waals surface area contributed by atoms with E-state index in [9.17, 15) is 17.6 Å². The summed E-state index contributed by atoms with van der Waals surface area (Å²) in [4.78, 5) is 7.99. The van der Waals surface area contributed by atoms with E-state index in [1.165, 1.54) is 6.92 Å². The summed E-state index contributed by atoms with van der Waals surface area (Å²) < 4.78 is 49.8. The molecule has 1 rings (SSSR count). The maximum absolute atomic E-state index is 12.8. The second kappa shape index (κ2) is 6.00. The number of rotatable bonds is 6. The zero-order valence-corrected chi connectivity index (χ0v) is 10.5. The van der Waals surface area contributed by atoms with Crippen LogP contribution in [-0.2, 0) is 6.42 Å². The molecule has 0 aliphatic heterocycles. The van der Waals surface area contributed by atoms with Gasteiger partial charge >= 0.3 is 12.3 Å². The van der Waals surface area contributed by atoms with Gasteiger partial charge in [-0.05, 0) is 6.92 Å². The minimum absolute atomic E-state index is 0.0557. The maximum Gasteiger partial charge on any atom is 0.324 e. The van der Waals surface area contributed by atoms with E-state index in [0.29, 0.717) is 17.8 Å². The molecule has 9 heteroatoms. The van der Waals surface area contributed by atoms with Crippen molar-refractivity contribution in [1.82, 2.24) is 9.97 Å². The molecular formula is C10H15F4N5. The molecule has 5 nitrogen and oxygen atoms in total. The van der Waals surface area contributed by atoms with Crippen molar-refractivity contribution in [2.24, 2.45) is 5.84 Å². The summed E-state index contributed by atoms with van der Waals surface area (Å²) >= 11 is 0. The molecule has 0 fully saturated rings. The molecule has 4 N–H and O–H groups in total. The minimum Gasteiger partial charge on any atom is -0.363 e. The maximum atomic E-state index is 12.8. The number of hydrogen-bond donors (Lipinski definition) is 3. The number of hydrazine groups is 1. The molecule has 0 amide bonds. The molecule has 0 bridgehead atoms. The predicted octanol–water partition coefficient (Wildman–Crippen LogP) is 1.95. The van der Waals surface area contributed by atoms with E-state index in [2.05, 4.69) is 20.7 Å². The van der Waals surface area contributed by atoms with Crippen LogP contribution in [-0.4, -0.2) is 28.9 Å². The first kappa shape index (κ1) is 15.4. The monoisotopic (exact) mass is 281 g/mol. The summed E-state index contributed by atoms with van der Waals surface area (Å²) in [5, 5.41) is 2.21. The Kier molecular flexibility index (Phi) is 4.87. The van der Waals surface area contributed by atoms with Crippen molar-refractivity contribution in [2.45, 2.75) is 32.6 Å². The van der Waals surface area contributed by atoms with Crippen LogP contribution in [0.4, 0.5) is 29.2 Å². The van der Waals surface area contributed by atoms with Gasteiger partial charge in [0.2, 0.25) is 0 Å². The number of nitrogens with two attached hydrogens (primary N) is 1. The summed E-state index contributed by atoms with van der Waals surface area (Å²) in [5.74, 6) is 1.79. The Bertz CT molecular complexity index is 438. The molecule has 0 aliphatic carbocycles. The molecule has 0 spiro atoms. The highest BCUT2D eigenvalue weighted by atomic mass is 19.3. The van der Waals surface area contributed by atoms with Crippen LogP contribution in [0.15, 0.2) is 0 Å². The zero-order chi connectivity index (χ0) is 14.6. The Morgan fingerprint density at radius 3 is 2.32 bits per heavy atom. The number of nitrogens with zero attached hydrogens (tertiary/aromatic N) is 2. The lowest BCUT2D eigenvalue weighted by Crippen LogP contribution is -2.35. The standard InChI is InChI=1S/C10H15F4N5/c1-3-6-17-7(5(2)8(18-6)19-15)16-4-10(13,14)9(11)12/h9H,3-4,15H2,1-2H3,(H2,16,17,18,19). The average molecular weight is 281 g/mol. The molecule has 0 aliphatic rings. The van der Waals surface area contributed by atoms with Gasteiger partial charge in [-0.25, -0.2) is 24.6 Å². The van der Waals surface area contributed by atoms with Crippen molar-refractivity contribution in [3.63, 3.8) is 0 Å². The average Bonchev–Trinajstić information content (AvgIpc) is 2.37. The van der Waals surface area contributed by atoms with Crippen LogP contribution in [0.3, 0.4) is 0 Å². The quantitative estimate of drug-likeness (QED) is 0.422. The number of aromatic nitrogens is 2. The molecular weight excluding hydrogens is 266 g/mol. The SMILES string of the molecule is CCc1nc(NN)c(C)c(NCC(F)(F)C(F)F)n1. The van der Waals surface area contributed by atoms with E-state index in [4.69, 9.17) is 5.84 Å². The topological polar surface area (TPSA) is 75.9 Å². The van der Waals surface area contributed by atoms with Crippen LogP contribution in [0.25, 0.3) is 0 Å². The second-order valence-electron chi connectivity index (χ2n) is 3.88. The summed E-state index contributed by atoms with van der Waals surface area (Å²) in [7, 11) is 0. The molecule has 0 saturated carbocycles. The van der Waals surface area contributed by atoms with Crippen LogP contribution in [0.1, 0.15) is 18.3 Å². The van der Waals surface area contributed by atoms with E-state index in [1.807, 2.05) is 0 Å². The van der Waals surface area contributed by atoms with Crippen molar-refractivity contribution in [3.05, 3.63) is 11.4 Å². The molecule has 1 aromatic heterocycles. The predicted molar refractivity (Wildman–Crippen MR) is 63.4 cm³/mol. The summed E-state index contributed by atoms with van der Waals surface area (Å²) in [6, 6.07) is 0. The van der Waals surface area contributed by atoms with Crippen LogP contribution < -0.4 is 16.6 Å². The van der Waals surface area contributed by atoms with E-state index in [0.717, 1.165) is 0 Å². The van der Waals surface area contributed by atoms with Gasteiger partial charge in [0.05, 0.1) is 6.54 Å². The normalized spacial score (nSPS) is 11.8. The zero-order valence-electron chi connectivity index (χ0n) is 10.5. The van der Waals surface area contributed by atoms with Crippen LogP contribution in [0, 0.1) is 6.92 Å².